The van der Waals surface area contributed by atoms with E-state index in [9.17, 15) is 0 Å². The maximum atomic E-state index is 6.17. The maximum Gasteiger partial charge on any atom is 0.225 e. The van der Waals surface area contributed by atoms with Gasteiger partial charge in [0.2, 0.25) is 5.95 Å². The van der Waals surface area contributed by atoms with Crippen molar-refractivity contribution in [2.45, 2.75) is 38.3 Å². The van der Waals surface area contributed by atoms with Gasteiger partial charge < -0.3 is 15.5 Å². The van der Waals surface area contributed by atoms with Gasteiger partial charge in [-0.05, 0) is 61.7 Å². The second kappa shape index (κ2) is 9.28. The number of halogens is 1. The Morgan fingerprint density at radius 3 is 2.62 bits per heavy atom. The van der Waals surface area contributed by atoms with E-state index < -0.39 is 0 Å². The van der Waals surface area contributed by atoms with Gasteiger partial charge in [-0.15, -0.1) is 11.3 Å². The van der Waals surface area contributed by atoms with Crippen LogP contribution in [0.4, 0.5) is 11.8 Å². The molecule has 1 saturated carbocycles. The number of hydrogen-bond donors (Lipinski definition) is 2. The van der Waals surface area contributed by atoms with Gasteiger partial charge in [0.1, 0.15) is 5.82 Å². The van der Waals surface area contributed by atoms with Gasteiger partial charge in [0.05, 0.1) is 10.5 Å². The first-order valence-corrected chi connectivity index (χ1v) is 11.5. The zero-order chi connectivity index (χ0) is 20.2. The van der Waals surface area contributed by atoms with E-state index >= 15 is 0 Å². The van der Waals surface area contributed by atoms with Gasteiger partial charge in [-0.3, -0.25) is 0 Å². The molecule has 29 heavy (non-hydrogen) atoms. The second-order valence-electron chi connectivity index (χ2n) is 7.97. The zero-order valence-corrected chi connectivity index (χ0v) is 18.6. The number of para-hydroxylation sites is 1. The molecule has 7 heteroatoms. The largest absolute Gasteiger partial charge is 0.362 e. The predicted molar refractivity (Wildman–Crippen MR) is 124 cm³/mol. The third-order valence-electron chi connectivity index (χ3n) is 5.60. The number of benzene rings is 1. The van der Waals surface area contributed by atoms with Crippen LogP contribution in [0.15, 0.2) is 35.7 Å². The van der Waals surface area contributed by atoms with Gasteiger partial charge in [-0.25, -0.2) is 4.98 Å². The Morgan fingerprint density at radius 1 is 1.10 bits per heavy atom. The SMILES string of the molecule is CN(C)c1nc(N[C@H]2CC[C@@H](CNCc3sccc3Cl)CC2)nc2ccccc12. The summed E-state index contributed by atoms with van der Waals surface area (Å²) in [6.45, 7) is 1.92. The molecule has 0 unspecified atom stereocenters. The lowest BCUT2D eigenvalue weighted by Crippen LogP contribution is -2.31. The molecule has 5 nitrogen and oxygen atoms in total. The van der Waals surface area contributed by atoms with Crippen LogP contribution in [0.25, 0.3) is 10.9 Å². The van der Waals surface area contributed by atoms with Gasteiger partial charge in [-0.1, -0.05) is 23.7 Å². The molecule has 0 saturated heterocycles. The van der Waals surface area contributed by atoms with Crippen LogP contribution in [0.5, 0.6) is 0 Å². The summed E-state index contributed by atoms with van der Waals surface area (Å²) in [5.41, 5.74) is 0.985. The van der Waals surface area contributed by atoms with Crippen molar-refractivity contribution in [1.82, 2.24) is 15.3 Å². The lowest BCUT2D eigenvalue weighted by molar-refractivity contribution is 0.324. The van der Waals surface area contributed by atoms with Crippen molar-refractivity contribution in [2.75, 3.05) is 30.9 Å². The molecule has 0 aliphatic heterocycles. The third kappa shape index (κ3) is 5.00. The van der Waals surface area contributed by atoms with Crippen LogP contribution in [-0.4, -0.2) is 36.6 Å². The van der Waals surface area contributed by atoms with E-state index in [4.69, 9.17) is 21.6 Å². The molecule has 2 N–H and O–H groups in total. The molecule has 0 atom stereocenters. The first-order valence-electron chi connectivity index (χ1n) is 10.2. The Balaban J connectivity index is 1.31. The Labute approximate surface area is 181 Å². The van der Waals surface area contributed by atoms with Crippen molar-refractivity contribution in [2.24, 2.45) is 5.92 Å². The van der Waals surface area contributed by atoms with E-state index in [1.807, 2.05) is 37.7 Å². The molecule has 1 aromatic carbocycles. The molecular weight excluding hydrogens is 402 g/mol. The first-order chi connectivity index (χ1) is 14.1. The van der Waals surface area contributed by atoms with Crippen LogP contribution in [0.2, 0.25) is 5.02 Å². The van der Waals surface area contributed by atoms with Crippen LogP contribution < -0.4 is 15.5 Å². The molecule has 1 aliphatic carbocycles. The fraction of sp³-hybridized carbons (Fsp3) is 0.455. The Hall–Kier alpha value is -1.89. The monoisotopic (exact) mass is 429 g/mol. The van der Waals surface area contributed by atoms with Gasteiger partial charge in [0.25, 0.3) is 0 Å². The molecule has 3 aromatic rings. The summed E-state index contributed by atoms with van der Waals surface area (Å²) < 4.78 is 0. The molecule has 1 aliphatic rings. The van der Waals surface area contributed by atoms with Crippen molar-refractivity contribution in [3.63, 3.8) is 0 Å². The average molecular weight is 430 g/mol. The molecular formula is C22H28ClN5S. The van der Waals surface area contributed by atoms with Crippen molar-refractivity contribution < 1.29 is 0 Å². The molecule has 1 fully saturated rings. The van der Waals surface area contributed by atoms with Crippen LogP contribution in [0.3, 0.4) is 0 Å². The number of rotatable bonds is 7. The van der Waals surface area contributed by atoms with Crippen LogP contribution in [0.1, 0.15) is 30.6 Å². The molecule has 2 aromatic heterocycles. The fourth-order valence-electron chi connectivity index (χ4n) is 4.00. The lowest BCUT2D eigenvalue weighted by atomic mass is 9.86. The van der Waals surface area contributed by atoms with Gasteiger partial charge in [0.15, 0.2) is 0 Å². The minimum absolute atomic E-state index is 0.439. The number of anilines is 2. The van der Waals surface area contributed by atoms with E-state index in [0.29, 0.717) is 6.04 Å². The average Bonchev–Trinajstić information content (AvgIpc) is 3.13. The van der Waals surface area contributed by atoms with E-state index in [2.05, 4.69) is 27.7 Å². The highest BCUT2D eigenvalue weighted by atomic mass is 35.5. The summed E-state index contributed by atoms with van der Waals surface area (Å²) in [5.74, 6) is 2.42. The standard InChI is InChI=1S/C22H28ClN5S/c1-28(2)21-17-5-3-4-6-19(17)26-22(27-21)25-16-9-7-15(8-10-16)13-24-14-20-18(23)11-12-29-20/h3-6,11-12,15-16,24H,7-10,13-14H2,1-2H3,(H,25,26,27)/t15-,16+. The highest BCUT2D eigenvalue weighted by Crippen LogP contribution is 2.28. The molecule has 4 rings (SSSR count). The van der Waals surface area contributed by atoms with E-state index in [0.717, 1.165) is 59.5 Å². The fourth-order valence-corrected chi connectivity index (χ4v) is 5.07. The summed E-state index contributed by atoms with van der Waals surface area (Å²) in [7, 11) is 4.06. The van der Waals surface area contributed by atoms with Crippen molar-refractivity contribution in [3.8, 4) is 0 Å². The highest BCUT2D eigenvalue weighted by molar-refractivity contribution is 7.10. The van der Waals surface area contributed by atoms with E-state index in [-0.39, 0.29) is 0 Å². The Kier molecular flexibility index (Phi) is 6.53. The van der Waals surface area contributed by atoms with Crippen LogP contribution in [0, 0.1) is 5.92 Å². The number of aromatic nitrogens is 2. The van der Waals surface area contributed by atoms with Crippen molar-refractivity contribution in [3.05, 3.63) is 45.6 Å². The number of nitrogens with one attached hydrogen (secondary N) is 2. The smallest absolute Gasteiger partial charge is 0.225 e. The minimum atomic E-state index is 0.439. The normalized spacial score (nSPS) is 19.4. The molecule has 2 heterocycles. The first kappa shape index (κ1) is 20.4. The van der Waals surface area contributed by atoms with Crippen LogP contribution in [-0.2, 0) is 6.54 Å². The summed E-state index contributed by atoms with van der Waals surface area (Å²) in [6.07, 6.45) is 4.74. The summed E-state index contributed by atoms with van der Waals surface area (Å²) in [4.78, 5) is 12.8. The minimum Gasteiger partial charge on any atom is -0.362 e. The maximum absolute atomic E-state index is 6.17. The molecule has 0 spiro atoms. The van der Waals surface area contributed by atoms with E-state index in [1.54, 1.807) is 11.3 Å². The second-order valence-corrected chi connectivity index (χ2v) is 9.37. The molecule has 0 bridgehead atoms. The number of nitrogens with zero attached hydrogens (tertiary/aromatic N) is 3. The van der Waals surface area contributed by atoms with Crippen molar-refractivity contribution in [1.29, 1.82) is 0 Å². The predicted octanol–water partition coefficient (Wildman–Crippen LogP) is 5.17. The Bertz CT molecular complexity index is 949. The van der Waals surface area contributed by atoms with Gasteiger partial charge in [0, 0.05) is 36.9 Å². The van der Waals surface area contributed by atoms with Crippen molar-refractivity contribution >= 4 is 45.6 Å². The number of fused-ring (bicyclic) bond motifs is 1. The summed E-state index contributed by atoms with van der Waals surface area (Å²) in [5, 5.41) is 11.2. The van der Waals surface area contributed by atoms with Gasteiger partial charge >= 0.3 is 0 Å². The highest BCUT2D eigenvalue weighted by Gasteiger charge is 2.22. The molecule has 154 valence electrons. The Morgan fingerprint density at radius 2 is 1.90 bits per heavy atom. The summed E-state index contributed by atoms with van der Waals surface area (Å²) in [6, 6.07) is 10.6. The van der Waals surface area contributed by atoms with Crippen LogP contribution >= 0.6 is 22.9 Å². The number of hydrogen-bond acceptors (Lipinski definition) is 6. The summed E-state index contributed by atoms with van der Waals surface area (Å²) >= 11 is 7.89. The topological polar surface area (TPSA) is 53.1 Å². The molecule has 0 amide bonds. The molecule has 0 radical (unpaired) electrons. The zero-order valence-electron chi connectivity index (χ0n) is 17.0. The van der Waals surface area contributed by atoms with Gasteiger partial charge in [-0.2, -0.15) is 4.98 Å². The lowest BCUT2D eigenvalue weighted by Gasteiger charge is -2.29. The third-order valence-corrected chi connectivity index (χ3v) is 6.98. The number of thiophene rings is 1. The quantitative estimate of drug-likeness (QED) is 0.542. The van der Waals surface area contributed by atoms with E-state index in [1.165, 1.54) is 17.7 Å².